The van der Waals surface area contributed by atoms with Crippen molar-refractivity contribution in [2.24, 2.45) is 7.05 Å². The van der Waals surface area contributed by atoms with Crippen molar-refractivity contribution in [2.75, 3.05) is 0 Å². The van der Waals surface area contributed by atoms with Crippen LogP contribution >= 0.6 is 11.6 Å². The fourth-order valence-electron chi connectivity index (χ4n) is 1.59. The fourth-order valence-corrected chi connectivity index (χ4v) is 1.73. The molecule has 2 aromatic heterocycles. The molecule has 0 aliphatic heterocycles. The van der Waals surface area contributed by atoms with Crippen molar-refractivity contribution in [3.05, 3.63) is 35.1 Å². The van der Waals surface area contributed by atoms with Crippen LogP contribution in [0.15, 0.2) is 18.5 Å². The minimum atomic E-state index is -0.224. The topological polar surface area (TPSA) is 64.7 Å². The fraction of sp³-hybridized carbons (Fsp3) is 0.417. The molecular weight excluding hydrogens is 266 g/mol. The number of aromatic nitrogens is 4. The van der Waals surface area contributed by atoms with E-state index in [1.54, 1.807) is 34.8 Å². The van der Waals surface area contributed by atoms with Crippen LogP contribution in [0.1, 0.15) is 36.2 Å². The highest BCUT2D eigenvalue weighted by molar-refractivity contribution is 6.29. The van der Waals surface area contributed by atoms with Gasteiger partial charge in [0.25, 0.3) is 5.91 Å². The zero-order valence-electron chi connectivity index (χ0n) is 11.1. The Bertz CT molecular complexity index is 587. The number of nitrogens with one attached hydrogen (secondary N) is 1. The van der Waals surface area contributed by atoms with Gasteiger partial charge in [0.15, 0.2) is 0 Å². The molecule has 0 bridgehead atoms. The monoisotopic (exact) mass is 281 g/mol. The smallest absolute Gasteiger partial charge is 0.272 e. The van der Waals surface area contributed by atoms with Gasteiger partial charge in [0, 0.05) is 19.3 Å². The molecule has 1 amide bonds. The third kappa shape index (κ3) is 2.96. The predicted octanol–water partition coefficient (Wildman–Crippen LogP) is 1.78. The molecule has 7 heteroatoms. The molecule has 1 N–H and O–H groups in total. The average molecular weight is 282 g/mol. The average Bonchev–Trinajstić information content (AvgIpc) is 2.97. The first-order chi connectivity index (χ1) is 8.99. The number of carbonyl (C=O) groups excluding carboxylic acids is 1. The number of carbonyl (C=O) groups is 1. The van der Waals surface area contributed by atoms with E-state index in [4.69, 9.17) is 11.6 Å². The first kappa shape index (κ1) is 13.6. The van der Waals surface area contributed by atoms with E-state index in [-0.39, 0.29) is 11.9 Å². The van der Waals surface area contributed by atoms with Gasteiger partial charge in [-0.2, -0.15) is 5.10 Å². The number of halogens is 1. The summed E-state index contributed by atoms with van der Waals surface area (Å²) < 4.78 is 3.46. The lowest BCUT2D eigenvalue weighted by Crippen LogP contribution is -2.25. The predicted molar refractivity (Wildman–Crippen MR) is 72.0 cm³/mol. The number of hydrogen-bond acceptors (Lipinski definition) is 3. The van der Waals surface area contributed by atoms with Crippen LogP contribution in [-0.4, -0.2) is 25.2 Å². The third-order valence-corrected chi connectivity index (χ3v) is 3.16. The Balaban J connectivity index is 1.99. The summed E-state index contributed by atoms with van der Waals surface area (Å²) in [4.78, 5) is 16.0. The maximum absolute atomic E-state index is 11.9. The molecule has 6 nitrogen and oxygen atoms in total. The summed E-state index contributed by atoms with van der Waals surface area (Å²) in [7, 11) is 1.80. The van der Waals surface area contributed by atoms with E-state index in [2.05, 4.69) is 15.4 Å². The molecule has 102 valence electrons. The number of amides is 1. The van der Waals surface area contributed by atoms with Crippen LogP contribution in [-0.2, 0) is 13.6 Å². The number of imidazole rings is 1. The van der Waals surface area contributed by atoms with Crippen molar-refractivity contribution in [1.29, 1.82) is 0 Å². The van der Waals surface area contributed by atoms with Gasteiger partial charge >= 0.3 is 0 Å². The molecule has 0 atom stereocenters. The van der Waals surface area contributed by atoms with E-state index in [0.717, 1.165) is 0 Å². The van der Waals surface area contributed by atoms with Gasteiger partial charge in [-0.1, -0.05) is 11.6 Å². The van der Waals surface area contributed by atoms with Crippen molar-refractivity contribution in [3.63, 3.8) is 0 Å². The van der Waals surface area contributed by atoms with Crippen LogP contribution in [0, 0.1) is 0 Å². The van der Waals surface area contributed by atoms with E-state index in [0.29, 0.717) is 23.2 Å². The van der Waals surface area contributed by atoms with Gasteiger partial charge in [0.05, 0.1) is 12.7 Å². The standard InChI is InChI=1S/C12H16ClN5O/c1-8(2)18-5-4-9(16-18)12(19)15-7-11-14-6-10(13)17(11)3/h4-6,8H,7H2,1-3H3,(H,15,19). The van der Waals surface area contributed by atoms with Crippen molar-refractivity contribution in [1.82, 2.24) is 24.6 Å². The van der Waals surface area contributed by atoms with Crippen LogP contribution in [0.5, 0.6) is 0 Å². The van der Waals surface area contributed by atoms with E-state index in [1.165, 1.54) is 0 Å². The molecule has 0 unspecified atom stereocenters. The van der Waals surface area contributed by atoms with Gasteiger partial charge in [-0.25, -0.2) is 4.98 Å². The molecular formula is C12H16ClN5O. The zero-order chi connectivity index (χ0) is 14.0. The van der Waals surface area contributed by atoms with Gasteiger partial charge in [-0.15, -0.1) is 0 Å². The van der Waals surface area contributed by atoms with Crippen molar-refractivity contribution >= 4 is 17.5 Å². The van der Waals surface area contributed by atoms with Gasteiger partial charge in [-0.3, -0.25) is 9.48 Å². The molecule has 0 radical (unpaired) electrons. The van der Waals surface area contributed by atoms with E-state index >= 15 is 0 Å². The van der Waals surface area contributed by atoms with Crippen LogP contribution < -0.4 is 5.32 Å². The maximum Gasteiger partial charge on any atom is 0.272 e. The van der Waals surface area contributed by atoms with Crippen molar-refractivity contribution < 1.29 is 4.79 Å². The second-order valence-electron chi connectivity index (χ2n) is 4.51. The summed E-state index contributed by atoms with van der Waals surface area (Å²) >= 11 is 5.87. The summed E-state index contributed by atoms with van der Waals surface area (Å²) in [6.07, 6.45) is 3.34. The summed E-state index contributed by atoms with van der Waals surface area (Å²) in [5.74, 6) is 0.472. The molecule has 19 heavy (non-hydrogen) atoms. The second kappa shape index (κ2) is 5.44. The minimum Gasteiger partial charge on any atom is -0.343 e. The highest BCUT2D eigenvalue weighted by Gasteiger charge is 2.12. The summed E-state index contributed by atoms with van der Waals surface area (Å²) in [5, 5.41) is 7.50. The Labute approximate surface area is 116 Å². The Kier molecular flexibility index (Phi) is 3.90. The number of rotatable bonds is 4. The van der Waals surface area contributed by atoms with Crippen molar-refractivity contribution in [2.45, 2.75) is 26.4 Å². The highest BCUT2D eigenvalue weighted by Crippen LogP contribution is 2.09. The molecule has 2 rings (SSSR count). The van der Waals surface area contributed by atoms with Crippen molar-refractivity contribution in [3.8, 4) is 0 Å². The zero-order valence-corrected chi connectivity index (χ0v) is 11.8. The number of nitrogens with zero attached hydrogens (tertiary/aromatic N) is 4. The maximum atomic E-state index is 11.9. The van der Waals surface area contributed by atoms with Gasteiger partial charge in [0.2, 0.25) is 0 Å². The lowest BCUT2D eigenvalue weighted by molar-refractivity contribution is 0.0943. The first-order valence-corrected chi connectivity index (χ1v) is 6.36. The molecule has 0 aliphatic rings. The third-order valence-electron chi connectivity index (χ3n) is 2.80. The molecule has 2 heterocycles. The minimum absolute atomic E-state index is 0.224. The summed E-state index contributed by atoms with van der Waals surface area (Å²) in [5.41, 5.74) is 0.397. The lowest BCUT2D eigenvalue weighted by Gasteiger charge is -2.05. The van der Waals surface area contributed by atoms with Crippen LogP contribution in [0.3, 0.4) is 0 Å². The van der Waals surface area contributed by atoms with Crippen LogP contribution in [0.2, 0.25) is 5.15 Å². The molecule has 0 fully saturated rings. The van der Waals surface area contributed by atoms with E-state index in [9.17, 15) is 4.79 Å². The Morgan fingerprint density at radius 2 is 2.26 bits per heavy atom. The Hall–Kier alpha value is -1.82. The molecule has 2 aromatic rings. The van der Waals surface area contributed by atoms with Gasteiger partial charge in [-0.05, 0) is 19.9 Å². The highest BCUT2D eigenvalue weighted by atomic mass is 35.5. The van der Waals surface area contributed by atoms with E-state index in [1.807, 2.05) is 13.8 Å². The Morgan fingerprint density at radius 3 is 2.79 bits per heavy atom. The Morgan fingerprint density at radius 1 is 1.53 bits per heavy atom. The lowest BCUT2D eigenvalue weighted by atomic mass is 10.4. The van der Waals surface area contributed by atoms with Gasteiger partial charge in [0.1, 0.15) is 16.7 Å². The normalized spacial score (nSPS) is 11.0. The quantitative estimate of drug-likeness (QED) is 0.929. The van der Waals surface area contributed by atoms with E-state index < -0.39 is 0 Å². The largest absolute Gasteiger partial charge is 0.343 e. The van der Waals surface area contributed by atoms with Gasteiger partial charge < -0.3 is 9.88 Å². The number of hydrogen-bond donors (Lipinski definition) is 1. The second-order valence-corrected chi connectivity index (χ2v) is 4.90. The van der Waals surface area contributed by atoms with Crippen LogP contribution in [0.4, 0.5) is 0 Å². The molecule has 0 aromatic carbocycles. The molecule has 0 spiro atoms. The van der Waals surface area contributed by atoms with Crippen LogP contribution in [0.25, 0.3) is 0 Å². The SMILES string of the molecule is CC(C)n1ccc(C(=O)NCc2ncc(Cl)n2C)n1. The summed E-state index contributed by atoms with van der Waals surface area (Å²) in [6.45, 7) is 4.33. The summed E-state index contributed by atoms with van der Waals surface area (Å²) in [6, 6.07) is 1.93. The molecule has 0 aliphatic carbocycles. The molecule has 0 saturated heterocycles. The molecule has 0 saturated carbocycles. The first-order valence-electron chi connectivity index (χ1n) is 5.98.